The summed E-state index contributed by atoms with van der Waals surface area (Å²) in [4.78, 5) is 38.3. The van der Waals surface area contributed by atoms with Crippen LogP contribution in [0.2, 0.25) is 5.02 Å². The highest BCUT2D eigenvalue weighted by molar-refractivity contribution is 8.18. The van der Waals surface area contributed by atoms with Crippen molar-refractivity contribution in [3.05, 3.63) is 64.0 Å². The smallest absolute Gasteiger partial charge is 0.294 e. The number of amides is 3. The van der Waals surface area contributed by atoms with Gasteiger partial charge in [-0.3, -0.25) is 19.3 Å². The maximum absolute atomic E-state index is 12.6. The predicted molar refractivity (Wildman–Crippen MR) is 120 cm³/mol. The molecule has 2 aromatic rings. The largest absolute Gasteiger partial charge is 0.491 e. The van der Waals surface area contributed by atoms with Gasteiger partial charge in [-0.25, -0.2) is 0 Å². The van der Waals surface area contributed by atoms with Gasteiger partial charge in [-0.05, 0) is 67.1 Å². The molecule has 3 amide bonds. The summed E-state index contributed by atoms with van der Waals surface area (Å²) in [6.45, 7) is 3.67. The Balaban J connectivity index is 1.64. The van der Waals surface area contributed by atoms with Crippen molar-refractivity contribution in [2.45, 2.75) is 26.4 Å². The van der Waals surface area contributed by atoms with Crippen molar-refractivity contribution < 1.29 is 19.1 Å². The molecule has 8 heteroatoms. The van der Waals surface area contributed by atoms with Crippen LogP contribution in [-0.4, -0.2) is 34.6 Å². The number of nitrogens with zero attached hydrogens (tertiary/aromatic N) is 1. The number of carbonyl (C=O) groups excluding carboxylic acids is 3. The lowest BCUT2D eigenvalue weighted by Gasteiger charge is -2.13. The van der Waals surface area contributed by atoms with E-state index in [2.05, 4.69) is 5.32 Å². The van der Waals surface area contributed by atoms with E-state index in [4.69, 9.17) is 16.3 Å². The van der Waals surface area contributed by atoms with Crippen LogP contribution in [0.3, 0.4) is 0 Å². The predicted octanol–water partition coefficient (Wildman–Crippen LogP) is 5.19. The van der Waals surface area contributed by atoms with E-state index in [1.165, 1.54) is 0 Å². The third kappa shape index (κ3) is 5.64. The molecule has 0 aromatic heterocycles. The molecule has 1 N–H and O–H groups in total. The molecule has 156 valence electrons. The highest BCUT2D eigenvalue weighted by atomic mass is 35.5. The number of imide groups is 1. The van der Waals surface area contributed by atoms with Gasteiger partial charge in [0.25, 0.3) is 11.1 Å². The number of nitrogens with one attached hydrogen (secondary N) is 1. The van der Waals surface area contributed by atoms with E-state index in [0.29, 0.717) is 10.7 Å². The zero-order valence-corrected chi connectivity index (χ0v) is 18.1. The Bertz CT molecular complexity index is 991. The molecule has 1 aliphatic heterocycles. The van der Waals surface area contributed by atoms with Gasteiger partial charge in [-0.15, -0.1) is 0 Å². The quantitative estimate of drug-likeness (QED) is 0.594. The molecule has 3 rings (SSSR count). The van der Waals surface area contributed by atoms with Gasteiger partial charge < -0.3 is 10.1 Å². The number of thioether (sulfide) groups is 1. The Hall–Kier alpha value is -2.77. The van der Waals surface area contributed by atoms with Gasteiger partial charge >= 0.3 is 0 Å². The van der Waals surface area contributed by atoms with Crippen LogP contribution in [0.25, 0.3) is 6.08 Å². The van der Waals surface area contributed by atoms with Crippen LogP contribution in [0.4, 0.5) is 10.5 Å². The fourth-order valence-corrected chi connectivity index (χ4v) is 3.68. The average molecular weight is 445 g/mol. The van der Waals surface area contributed by atoms with Crippen LogP contribution >= 0.6 is 23.4 Å². The highest BCUT2D eigenvalue weighted by Gasteiger charge is 2.36. The van der Waals surface area contributed by atoms with Crippen molar-refractivity contribution in [3.8, 4) is 5.75 Å². The summed E-state index contributed by atoms with van der Waals surface area (Å²) in [5.74, 6) is -0.231. The summed E-state index contributed by atoms with van der Waals surface area (Å²) in [6.07, 6.45) is 2.65. The lowest BCUT2D eigenvalue weighted by atomic mass is 10.2. The SMILES string of the molecule is CC[C@@H](C)Oc1ccc(/C=C2\SC(=O)N(CC(=O)Nc3cccc(Cl)c3)C2=O)cc1. The van der Waals surface area contributed by atoms with Crippen LogP contribution in [0.5, 0.6) is 5.75 Å². The zero-order chi connectivity index (χ0) is 21.7. The molecule has 0 saturated carbocycles. The van der Waals surface area contributed by atoms with Crippen LogP contribution in [0.15, 0.2) is 53.4 Å². The molecule has 0 unspecified atom stereocenters. The molecule has 2 aromatic carbocycles. The first kappa shape index (κ1) is 21.9. The minimum absolute atomic E-state index is 0.116. The standard InChI is InChI=1S/C22H21ClN2O4S/c1-3-14(2)29-18-9-7-15(8-10-18)11-19-21(27)25(22(28)30-19)13-20(26)24-17-6-4-5-16(23)12-17/h4-12,14H,3,13H2,1-2H3,(H,24,26)/b19-11-/t14-/m1/s1. The molecule has 1 aliphatic rings. The maximum Gasteiger partial charge on any atom is 0.294 e. The van der Waals surface area contributed by atoms with Gasteiger partial charge in [-0.2, -0.15) is 0 Å². The Labute approximate surface area is 184 Å². The van der Waals surface area contributed by atoms with Crippen molar-refractivity contribution in [3.63, 3.8) is 0 Å². The van der Waals surface area contributed by atoms with Gasteiger partial charge in [0.1, 0.15) is 12.3 Å². The fraction of sp³-hybridized carbons (Fsp3) is 0.227. The maximum atomic E-state index is 12.6. The van der Waals surface area contributed by atoms with E-state index < -0.39 is 17.1 Å². The molecule has 0 bridgehead atoms. The Kier molecular flexibility index (Phi) is 7.18. The Morgan fingerprint density at radius 1 is 1.23 bits per heavy atom. The average Bonchev–Trinajstić information content (AvgIpc) is 2.96. The van der Waals surface area contributed by atoms with Crippen molar-refractivity contribution >= 4 is 52.2 Å². The van der Waals surface area contributed by atoms with Gasteiger partial charge in [0.05, 0.1) is 11.0 Å². The Morgan fingerprint density at radius 2 is 1.97 bits per heavy atom. The van der Waals surface area contributed by atoms with Gasteiger partial charge in [-0.1, -0.05) is 36.7 Å². The number of anilines is 1. The van der Waals surface area contributed by atoms with E-state index in [0.717, 1.165) is 34.4 Å². The number of hydrogen-bond donors (Lipinski definition) is 1. The van der Waals surface area contributed by atoms with E-state index in [-0.39, 0.29) is 17.6 Å². The minimum Gasteiger partial charge on any atom is -0.491 e. The van der Waals surface area contributed by atoms with Crippen molar-refractivity contribution in [2.75, 3.05) is 11.9 Å². The second-order valence-electron chi connectivity index (χ2n) is 6.73. The second-order valence-corrected chi connectivity index (χ2v) is 8.16. The summed E-state index contributed by atoms with van der Waals surface area (Å²) < 4.78 is 5.74. The molecule has 1 heterocycles. The number of hydrogen-bond acceptors (Lipinski definition) is 5. The van der Waals surface area contributed by atoms with Crippen LogP contribution in [-0.2, 0) is 9.59 Å². The third-order valence-electron chi connectivity index (χ3n) is 4.37. The second kappa shape index (κ2) is 9.82. The lowest BCUT2D eigenvalue weighted by molar-refractivity contribution is -0.127. The molecular weight excluding hydrogens is 424 g/mol. The minimum atomic E-state index is -0.494. The topological polar surface area (TPSA) is 75.7 Å². The van der Waals surface area contributed by atoms with Gasteiger partial charge in [0.15, 0.2) is 0 Å². The third-order valence-corrected chi connectivity index (χ3v) is 5.52. The first-order valence-corrected chi connectivity index (χ1v) is 10.6. The molecule has 0 aliphatic carbocycles. The zero-order valence-electron chi connectivity index (χ0n) is 16.6. The van der Waals surface area contributed by atoms with E-state index in [1.807, 2.05) is 38.1 Å². The Morgan fingerprint density at radius 3 is 2.63 bits per heavy atom. The molecule has 30 heavy (non-hydrogen) atoms. The van der Waals surface area contributed by atoms with Gasteiger partial charge in [0, 0.05) is 10.7 Å². The van der Waals surface area contributed by atoms with Crippen molar-refractivity contribution in [2.24, 2.45) is 0 Å². The number of benzene rings is 2. The summed E-state index contributed by atoms with van der Waals surface area (Å²) in [7, 11) is 0. The molecule has 1 fully saturated rings. The van der Waals surface area contributed by atoms with Crippen LogP contribution in [0.1, 0.15) is 25.8 Å². The number of carbonyl (C=O) groups is 3. The summed E-state index contributed by atoms with van der Waals surface area (Å²) in [6, 6.07) is 13.9. The van der Waals surface area contributed by atoms with Gasteiger partial charge in [0.2, 0.25) is 5.91 Å². The van der Waals surface area contributed by atoms with E-state index >= 15 is 0 Å². The van der Waals surface area contributed by atoms with E-state index in [9.17, 15) is 14.4 Å². The molecular formula is C22H21ClN2O4S. The van der Waals surface area contributed by atoms with Crippen molar-refractivity contribution in [1.29, 1.82) is 0 Å². The highest BCUT2D eigenvalue weighted by Crippen LogP contribution is 2.32. The van der Waals surface area contributed by atoms with Crippen LogP contribution < -0.4 is 10.1 Å². The number of rotatable bonds is 7. The van der Waals surface area contributed by atoms with Crippen molar-refractivity contribution in [1.82, 2.24) is 4.90 Å². The molecule has 6 nitrogen and oxygen atoms in total. The fourth-order valence-electron chi connectivity index (χ4n) is 2.66. The lowest BCUT2D eigenvalue weighted by Crippen LogP contribution is -2.36. The molecule has 0 radical (unpaired) electrons. The first-order valence-electron chi connectivity index (χ1n) is 9.43. The number of ether oxygens (including phenoxy) is 1. The summed E-state index contributed by atoms with van der Waals surface area (Å²) in [5.41, 5.74) is 1.26. The summed E-state index contributed by atoms with van der Waals surface area (Å²) >= 11 is 6.71. The molecule has 1 atom stereocenters. The van der Waals surface area contributed by atoms with Crippen LogP contribution in [0, 0.1) is 0 Å². The molecule has 1 saturated heterocycles. The monoisotopic (exact) mass is 444 g/mol. The normalized spacial score (nSPS) is 16.1. The van der Waals surface area contributed by atoms with E-state index in [1.54, 1.807) is 30.3 Å². The number of halogens is 1. The first-order chi connectivity index (χ1) is 14.4. The summed E-state index contributed by atoms with van der Waals surface area (Å²) in [5, 5.41) is 2.62. The molecule has 0 spiro atoms.